The summed E-state index contributed by atoms with van der Waals surface area (Å²) in [5.41, 5.74) is 4.85. The summed E-state index contributed by atoms with van der Waals surface area (Å²) in [5.74, 6) is 0. The van der Waals surface area contributed by atoms with Crippen molar-refractivity contribution < 1.29 is 9.53 Å². The van der Waals surface area contributed by atoms with Crippen molar-refractivity contribution in [1.82, 2.24) is 9.80 Å². The van der Waals surface area contributed by atoms with E-state index in [0.717, 1.165) is 54.2 Å². The SMILES string of the molecule is C\C=C/N=C(CC)/C(=C/C)C(/C(C)=N/C=C/CC)=C(/C)N1CCN(C(=O)OC(C)(C)C)C(C)C1. The fraction of sp³-hybridized carbons (Fsp3) is 0.607. The van der Waals surface area contributed by atoms with Gasteiger partial charge in [-0.25, -0.2) is 4.79 Å². The van der Waals surface area contributed by atoms with E-state index < -0.39 is 5.60 Å². The summed E-state index contributed by atoms with van der Waals surface area (Å²) in [4.78, 5) is 26.3. The van der Waals surface area contributed by atoms with Gasteiger partial charge >= 0.3 is 6.09 Å². The van der Waals surface area contributed by atoms with Crippen LogP contribution in [-0.4, -0.2) is 58.6 Å². The highest BCUT2D eigenvalue weighted by Gasteiger charge is 2.32. The van der Waals surface area contributed by atoms with Crippen LogP contribution in [0.3, 0.4) is 0 Å². The van der Waals surface area contributed by atoms with Crippen LogP contribution in [0.5, 0.6) is 0 Å². The molecular formula is C28H46N4O2. The first-order valence-electron chi connectivity index (χ1n) is 12.5. The van der Waals surface area contributed by atoms with E-state index in [1.165, 1.54) is 0 Å². The molecule has 0 spiro atoms. The molecule has 1 aliphatic rings. The first-order chi connectivity index (χ1) is 16.0. The van der Waals surface area contributed by atoms with E-state index in [2.05, 4.69) is 58.6 Å². The van der Waals surface area contributed by atoms with Gasteiger partial charge in [-0.15, -0.1) is 0 Å². The van der Waals surface area contributed by atoms with Crippen LogP contribution in [-0.2, 0) is 4.74 Å². The molecule has 34 heavy (non-hydrogen) atoms. The molecule has 0 radical (unpaired) electrons. The minimum Gasteiger partial charge on any atom is -0.444 e. The average molecular weight is 471 g/mol. The molecule has 0 aromatic carbocycles. The largest absolute Gasteiger partial charge is 0.444 e. The Morgan fingerprint density at radius 2 is 1.76 bits per heavy atom. The van der Waals surface area contributed by atoms with E-state index in [9.17, 15) is 4.79 Å². The Morgan fingerprint density at radius 1 is 1.09 bits per heavy atom. The van der Waals surface area contributed by atoms with Gasteiger partial charge in [-0.1, -0.05) is 32.1 Å². The second kappa shape index (κ2) is 13.9. The van der Waals surface area contributed by atoms with Crippen LogP contribution >= 0.6 is 0 Å². The molecule has 190 valence electrons. The second-order valence-corrected chi connectivity index (χ2v) is 9.55. The summed E-state index contributed by atoms with van der Waals surface area (Å²) < 4.78 is 5.62. The standard InChI is InChI=1S/C28H46N4O2/c1-11-15-17-29-22(6)26(24(13-3)25(14-4)30-16-12-2)23(7)31-18-19-32(21(5)20-31)27(33)34-28(8,9)10/h12-13,15-17,21H,11,14,18-20H2,1-10H3/b16-12-,17-15+,24-13-,26-23-,29-22+,30-25+. The Balaban J connectivity index is 3.41. The summed E-state index contributed by atoms with van der Waals surface area (Å²) in [6.07, 6.45) is 11.4. The molecule has 1 rings (SSSR count). The molecule has 1 amide bonds. The molecule has 0 aliphatic carbocycles. The topological polar surface area (TPSA) is 57.5 Å². The predicted molar refractivity (Wildman–Crippen MR) is 146 cm³/mol. The van der Waals surface area contributed by atoms with Crippen LogP contribution in [0.1, 0.15) is 82.1 Å². The molecule has 0 N–H and O–H groups in total. The van der Waals surface area contributed by atoms with Gasteiger partial charge in [0.1, 0.15) is 5.60 Å². The maximum Gasteiger partial charge on any atom is 0.410 e. The number of ether oxygens (including phenoxy) is 1. The van der Waals surface area contributed by atoms with Crippen LogP contribution in [0.2, 0.25) is 0 Å². The first kappa shape index (κ1) is 29.4. The Hall–Kier alpha value is -2.63. The van der Waals surface area contributed by atoms with Gasteiger partial charge in [0.25, 0.3) is 0 Å². The number of carbonyl (C=O) groups is 1. The summed E-state index contributed by atoms with van der Waals surface area (Å²) in [5, 5.41) is 0. The quantitative estimate of drug-likeness (QED) is 0.286. The number of nitrogens with zero attached hydrogens (tertiary/aromatic N) is 4. The van der Waals surface area contributed by atoms with E-state index in [0.29, 0.717) is 6.54 Å². The number of aliphatic imine (C=N–C) groups is 2. The number of rotatable bonds is 8. The van der Waals surface area contributed by atoms with Crippen molar-refractivity contribution in [3.8, 4) is 0 Å². The van der Waals surface area contributed by atoms with E-state index in [1.54, 1.807) is 0 Å². The van der Waals surface area contributed by atoms with Crippen LogP contribution in [0.4, 0.5) is 4.79 Å². The third-order valence-corrected chi connectivity index (χ3v) is 5.65. The Morgan fingerprint density at radius 3 is 2.26 bits per heavy atom. The van der Waals surface area contributed by atoms with Gasteiger partial charge in [-0.3, -0.25) is 9.98 Å². The third-order valence-electron chi connectivity index (χ3n) is 5.65. The molecule has 1 saturated heterocycles. The lowest BCUT2D eigenvalue weighted by Gasteiger charge is -2.42. The number of hydrogen-bond donors (Lipinski definition) is 0. The van der Waals surface area contributed by atoms with Crippen molar-refractivity contribution in [3.05, 3.63) is 47.5 Å². The van der Waals surface area contributed by atoms with Crippen molar-refractivity contribution in [3.63, 3.8) is 0 Å². The molecule has 1 fully saturated rings. The highest BCUT2D eigenvalue weighted by Crippen LogP contribution is 2.26. The molecule has 1 atom stereocenters. The number of hydrogen-bond acceptors (Lipinski definition) is 5. The number of piperazine rings is 1. The Kier molecular flexibility index (Phi) is 12.0. The summed E-state index contributed by atoms with van der Waals surface area (Å²) in [7, 11) is 0. The van der Waals surface area contributed by atoms with Gasteiger partial charge in [0, 0.05) is 66.3 Å². The molecule has 1 heterocycles. The molecule has 0 bridgehead atoms. The minimum absolute atomic E-state index is 0.0356. The zero-order valence-corrected chi connectivity index (χ0v) is 23.1. The lowest BCUT2D eigenvalue weighted by atomic mass is 9.93. The Labute approximate surface area is 207 Å². The molecule has 6 heteroatoms. The molecule has 6 nitrogen and oxygen atoms in total. The van der Waals surface area contributed by atoms with Crippen molar-refractivity contribution in [2.24, 2.45) is 9.98 Å². The summed E-state index contributed by atoms with van der Waals surface area (Å²) in [6, 6.07) is 0.0356. The maximum atomic E-state index is 12.7. The van der Waals surface area contributed by atoms with Gasteiger partial charge in [0.15, 0.2) is 0 Å². The monoisotopic (exact) mass is 470 g/mol. The molecule has 0 aromatic heterocycles. The fourth-order valence-electron chi connectivity index (χ4n) is 3.97. The normalized spacial score (nSPS) is 19.8. The van der Waals surface area contributed by atoms with Crippen LogP contribution in [0, 0.1) is 0 Å². The molecule has 1 aliphatic heterocycles. The highest BCUT2D eigenvalue weighted by molar-refractivity contribution is 6.16. The highest BCUT2D eigenvalue weighted by atomic mass is 16.6. The van der Waals surface area contributed by atoms with Gasteiger partial charge in [0.2, 0.25) is 0 Å². The molecule has 1 unspecified atom stereocenters. The van der Waals surface area contributed by atoms with Gasteiger partial charge in [0.05, 0.1) is 0 Å². The predicted octanol–water partition coefficient (Wildman–Crippen LogP) is 6.92. The van der Waals surface area contributed by atoms with E-state index in [4.69, 9.17) is 14.7 Å². The number of amides is 1. The first-order valence-corrected chi connectivity index (χ1v) is 12.5. The zero-order chi connectivity index (χ0) is 25.9. The summed E-state index contributed by atoms with van der Waals surface area (Å²) in [6.45, 7) is 22.3. The van der Waals surface area contributed by atoms with Crippen molar-refractivity contribution in [2.75, 3.05) is 19.6 Å². The van der Waals surface area contributed by atoms with Crippen molar-refractivity contribution >= 4 is 17.5 Å². The zero-order valence-electron chi connectivity index (χ0n) is 23.1. The molecular weight excluding hydrogens is 424 g/mol. The van der Waals surface area contributed by atoms with Crippen LogP contribution in [0.25, 0.3) is 0 Å². The fourth-order valence-corrected chi connectivity index (χ4v) is 3.97. The lowest BCUT2D eigenvalue weighted by Crippen LogP contribution is -2.54. The maximum absolute atomic E-state index is 12.7. The number of allylic oxidation sites excluding steroid dienone is 6. The van der Waals surface area contributed by atoms with Crippen LogP contribution < -0.4 is 0 Å². The van der Waals surface area contributed by atoms with E-state index >= 15 is 0 Å². The van der Waals surface area contributed by atoms with Crippen molar-refractivity contribution in [1.29, 1.82) is 0 Å². The second-order valence-electron chi connectivity index (χ2n) is 9.55. The average Bonchev–Trinajstić information content (AvgIpc) is 2.77. The minimum atomic E-state index is -0.500. The van der Waals surface area contributed by atoms with E-state index in [-0.39, 0.29) is 12.1 Å². The lowest BCUT2D eigenvalue weighted by molar-refractivity contribution is 0.00495. The van der Waals surface area contributed by atoms with Gasteiger partial charge in [-0.05, 0) is 68.2 Å². The van der Waals surface area contributed by atoms with E-state index in [1.807, 2.05) is 51.1 Å². The van der Waals surface area contributed by atoms with Gasteiger partial charge in [-0.2, -0.15) is 0 Å². The molecule has 0 aromatic rings. The Bertz CT molecular complexity index is 869. The number of carbonyl (C=O) groups excluding carboxylic acids is 1. The smallest absolute Gasteiger partial charge is 0.410 e. The van der Waals surface area contributed by atoms with Crippen LogP contribution in [0.15, 0.2) is 57.5 Å². The molecule has 0 saturated carbocycles. The van der Waals surface area contributed by atoms with Gasteiger partial charge < -0.3 is 14.5 Å². The third kappa shape index (κ3) is 8.62. The summed E-state index contributed by atoms with van der Waals surface area (Å²) >= 11 is 0. The van der Waals surface area contributed by atoms with Crippen molar-refractivity contribution in [2.45, 2.75) is 93.7 Å².